The second kappa shape index (κ2) is 6.89. The summed E-state index contributed by atoms with van der Waals surface area (Å²) in [4.78, 5) is 12.5. The molecule has 126 valence electrons. The molecule has 3 atom stereocenters. The zero-order chi connectivity index (χ0) is 16.3. The maximum Gasteiger partial charge on any atom is 0.229 e. The summed E-state index contributed by atoms with van der Waals surface area (Å²) in [5.74, 6) is 0.704. The van der Waals surface area contributed by atoms with Crippen LogP contribution in [0.5, 0.6) is 5.75 Å². The standard InChI is InChI=1S/C18H26N2O3/c1-18(19)10-3-2-4-16(18)17(21)20-13-5-7-14(8-6-13)23-15-9-11-22-12-15/h5-8,15-16H,2-4,9-12,19H2,1H3,(H,20,21). The molecule has 1 amide bonds. The van der Waals surface area contributed by atoms with E-state index in [4.69, 9.17) is 15.2 Å². The first-order chi connectivity index (χ1) is 11.0. The molecule has 3 rings (SSSR count). The fourth-order valence-electron chi connectivity index (χ4n) is 3.43. The molecule has 1 aliphatic carbocycles. The van der Waals surface area contributed by atoms with E-state index in [2.05, 4.69) is 5.32 Å². The Balaban J connectivity index is 1.58. The summed E-state index contributed by atoms with van der Waals surface area (Å²) < 4.78 is 11.1. The van der Waals surface area contributed by atoms with Crippen LogP contribution in [0.1, 0.15) is 39.0 Å². The molecule has 1 aromatic rings. The lowest BCUT2D eigenvalue weighted by Gasteiger charge is -2.37. The monoisotopic (exact) mass is 318 g/mol. The lowest BCUT2D eigenvalue weighted by atomic mass is 9.74. The molecule has 5 heteroatoms. The molecule has 2 aliphatic rings. The Morgan fingerprint density at radius 3 is 2.74 bits per heavy atom. The molecule has 0 radical (unpaired) electrons. The number of hydrogen-bond donors (Lipinski definition) is 2. The molecule has 3 N–H and O–H groups in total. The van der Waals surface area contributed by atoms with Crippen LogP contribution in [0.15, 0.2) is 24.3 Å². The van der Waals surface area contributed by atoms with Gasteiger partial charge in [0, 0.05) is 17.6 Å². The van der Waals surface area contributed by atoms with Gasteiger partial charge < -0.3 is 20.5 Å². The Hall–Kier alpha value is -1.59. The van der Waals surface area contributed by atoms with Crippen molar-refractivity contribution in [3.05, 3.63) is 24.3 Å². The van der Waals surface area contributed by atoms with Gasteiger partial charge in [0.15, 0.2) is 0 Å². The van der Waals surface area contributed by atoms with Gasteiger partial charge in [0.2, 0.25) is 5.91 Å². The molecule has 2 fully saturated rings. The molecule has 23 heavy (non-hydrogen) atoms. The van der Waals surface area contributed by atoms with Gasteiger partial charge >= 0.3 is 0 Å². The zero-order valence-electron chi connectivity index (χ0n) is 13.7. The number of rotatable bonds is 4. The Kier molecular flexibility index (Phi) is 4.87. The van der Waals surface area contributed by atoms with Crippen LogP contribution in [0.2, 0.25) is 0 Å². The molecule has 3 unspecified atom stereocenters. The zero-order valence-corrected chi connectivity index (χ0v) is 13.7. The van der Waals surface area contributed by atoms with Crippen molar-refractivity contribution in [1.29, 1.82) is 0 Å². The van der Waals surface area contributed by atoms with Gasteiger partial charge in [-0.05, 0) is 44.0 Å². The first-order valence-electron chi connectivity index (χ1n) is 8.49. The molecule has 1 saturated carbocycles. The van der Waals surface area contributed by atoms with Crippen LogP contribution in [0.3, 0.4) is 0 Å². The van der Waals surface area contributed by atoms with E-state index in [1.807, 2.05) is 31.2 Å². The molecule has 0 spiro atoms. The average molecular weight is 318 g/mol. The van der Waals surface area contributed by atoms with Gasteiger partial charge in [-0.25, -0.2) is 0 Å². The number of hydrogen-bond acceptors (Lipinski definition) is 4. The van der Waals surface area contributed by atoms with E-state index in [1.165, 1.54) is 0 Å². The van der Waals surface area contributed by atoms with Gasteiger partial charge in [-0.15, -0.1) is 0 Å². The van der Waals surface area contributed by atoms with E-state index in [0.29, 0.717) is 6.61 Å². The van der Waals surface area contributed by atoms with E-state index >= 15 is 0 Å². The van der Waals surface area contributed by atoms with Crippen molar-refractivity contribution in [2.45, 2.75) is 50.7 Å². The number of anilines is 1. The third-order valence-electron chi connectivity index (χ3n) is 4.88. The Labute approximate surface area is 137 Å². The number of carbonyl (C=O) groups is 1. The first kappa shape index (κ1) is 16.3. The van der Waals surface area contributed by atoms with E-state index in [-0.39, 0.29) is 17.9 Å². The summed E-state index contributed by atoms with van der Waals surface area (Å²) in [6.07, 6.45) is 5.00. The number of nitrogens with one attached hydrogen (secondary N) is 1. The largest absolute Gasteiger partial charge is 0.488 e. The fourth-order valence-corrected chi connectivity index (χ4v) is 3.43. The number of amides is 1. The summed E-state index contributed by atoms with van der Waals surface area (Å²) in [5, 5.41) is 2.99. The number of ether oxygens (including phenoxy) is 2. The molecule has 1 saturated heterocycles. The van der Waals surface area contributed by atoms with Crippen molar-refractivity contribution in [3.8, 4) is 5.75 Å². The molecular weight excluding hydrogens is 292 g/mol. The molecule has 1 aromatic carbocycles. The summed E-state index contributed by atoms with van der Waals surface area (Å²) in [6.45, 7) is 3.39. The van der Waals surface area contributed by atoms with Crippen LogP contribution in [0, 0.1) is 5.92 Å². The molecule has 5 nitrogen and oxygen atoms in total. The molecule has 0 aromatic heterocycles. The van der Waals surface area contributed by atoms with Crippen LogP contribution < -0.4 is 15.8 Å². The van der Waals surface area contributed by atoms with Crippen molar-refractivity contribution in [2.24, 2.45) is 11.7 Å². The number of benzene rings is 1. The topological polar surface area (TPSA) is 73.6 Å². The molecular formula is C18H26N2O3. The average Bonchev–Trinajstić information content (AvgIpc) is 3.01. The highest BCUT2D eigenvalue weighted by Crippen LogP contribution is 2.32. The predicted octanol–water partition coefficient (Wildman–Crippen LogP) is 2.70. The summed E-state index contributed by atoms with van der Waals surface area (Å²) in [6, 6.07) is 7.52. The van der Waals surface area contributed by atoms with Gasteiger partial charge in [-0.1, -0.05) is 12.8 Å². The van der Waals surface area contributed by atoms with Crippen LogP contribution in [0.4, 0.5) is 5.69 Å². The maximum atomic E-state index is 12.5. The van der Waals surface area contributed by atoms with Gasteiger partial charge in [-0.3, -0.25) is 4.79 Å². The molecule has 0 bridgehead atoms. The third kappa shape index (κ3) is 4.03. The van der Waals surface area contributed by atoms with Crippen molar-refractivity contribution in [1.82, 2.24) is 0 Å². The minimum atomic E-state index is -0.409. The van der Waals surface area contributed by atoms with Crippen LogP contribution in [0.25, 0.3) is 0 Å². The van der Waals surface area contributed by atoms with Crippen molar-refractivity contribution in [3.63, 3.8) is 0 Å². The fraction of sp³-hybridized carbons (Fsp3) is 0.611. The first-order valence-corrected chi connectivity index (χ1v) is 8.49. The van der Waals surface area contributed by atoms with Crippen molar-refractivity contribution in [2.75, 3.05) is 18.5 Å². The molecule has 1 heterocycles. The van der Waals surface area contributed by atoms with Gasteiger partial charge in [0.05, 0.1) is 19.1 Å². The quantitative estimate of drug-likeness (QED) is 0.895. The van der Waals surface area contributed by atoms with E-state index < -0.39 is 5.54 Å². The second-order valence-electron chi connectivity index (χ2n) is 6.92. The van der Waals surface area contributed by atoms with Crippen molar-refractivity contribution < 1.29 is 14.3 Å². The molecule has 1 aliphatic heterocycles. The minimum absolute atomic E-state index is 0.0209. The minimum Gasteiger partial charge on any atom is -0.488 e. The van der Waals surface area contributed by atoms with Crippen molar-refractivity contribution >= 4 is 11.6 Å². The summed E-state index contributed by atoms with van der Waals surface area (Å²) in [7, 11) is 0. The summed E-state index contributed by atoms with van der Waals surface area (Å²) >= 11 is 0. The lowest BCUT2D eigenvalue weighted by Crippen LogP contribution is -2.51. The normalized spacial score (nSPS) is 30.9. The highest BCUT2D eigenvalue weighted by Gasteiger charge is 2.37. The van der Waals surface area contributed by atoms with Crippen LogP contribution in [-0.4, -0.2) is 30.8 Å². The van der Waals surface area contributed by atoms with Gasteiger partial charge in [0.1, 0.15) is 11.9 Å². The van der Waals surface area contributed by atoms with E-state index in [0.717, 1.165) is 50.1 Å². The Morgan fingerprint density at radius 1 is 1.30 bits per heavy atom. The highest BCUT2D eigenvalue weighted by atomic mass is 16.5. The highest BCUT2D eigenvalue weighted by molar-refractivity contribution is 5.93. The smallest absolute Gasteiger partial charge is 0.229 e. The Bertz CT molecular complexity index is 536. The lowest BCUT2D eigenvalue weighted by molar-refractivity contribution is -0.122. The van der Waals surface area contributed by atoms with E-state index in [1.54, 1.807) is 0 Å². The van der Waals surface area contributed by atoms with Gasteiger partial charge in [0.25, 0.3) is 0 Å². The maximum absolute atomic E-state index is 12.5. The number of nitrogens with two attached hydrogens (primary N) is 1. The van der Waals surface area contributed by atoms with Crippen LogP contribution >= 0.6 is 0 Å². The predicted molar refractivity (Wildman–Crippen MR) is 89.5 cm³/mol. The van der Waals surface area contributed by atoms with E-state index in [9.17, 15) is 4.79 Å². The summed E-state index contributed by atoms with van der Waals surface area (Å²) in [5.41, 5.74) is 6.67. The third-order valence-corrected chi connectivity index (χ3v) is 4.88. The SMILES string of the molecule is CC1(N)CCCCC1C(=O)Nc1ccc(OC2CCOC2)cc1. The second-order valence-corrected chi connectivity index (χ2v) is 6.92. The number of carbonyl (C=O) groups excluding carboxylic acids is 1. The van der Waals surface area contributed by atoms with Gasteiger partial charge in [-0.2, -0.15) is 0 Å². The Morgan fingerprint density at radius 2 is 2.09 bits per heavy atom. The van der Waals surface area contributed by atoms with Crippen LogP contribution in [-0.2, 0) is 9.53 Å².